The summed E-state index contributed by atoms with van der Waals surface area (Å²) in [6.45, 7) is 0. The smallest absolute Gasteiger partial charge is 0.185 e. The van der Waals surface area contributed by atoms with E-state index in [1.807, 2.05) is 0 Å². The van der Waals surface area contributed by atoms with Crippen LogP contribution in [0.2, 0.25) is 0 Å². The number of carbonyl (C=O) groups excluding carboxylic acids is 2. The second-order valence-electron chi connectivity index (χ2n) is 3.05. The lowest BCUT2D eigenvalue weighted by atomic mass is 10.3. The van der Waals surface area contributed by atoms with Gasteiger partial charge < -0.3 is 8.83 Å². The summed E-state index contributed by atoms with van der Waals surface area (Å²) in [4.78, 5) is 20.7. The van der Waals surface area contributed by atoms with Crippen LogP contribution < -0.4 is 0 Å². The Morgan fingerprint density at radius 3 is 1.38 bits per heavy atom. The molecule has 0 saturated heterocycles. The van der Waals surface area contributed by atoms with Gasteiger partial charge >= 0.3 is 0 Å². The minimum Gasteiger partial charge on any atom is -0.454 e. The normalized spacial score (nSPS) is 10.8. The van der Waals surface area contributed by atoms with E-state index in [-0.39, 0.29) is 11.5 Å². The lowest BCUT2D eigenvalue weighted by Gasteiger charge is -1.85. The van der Waals surface area contributed by atoms with Crippen molar-refractivity contribution in [2.75, 3.05) is 0 Å². The third-order valence-corrected chi connectivity index (χ3v) is 1.94. The van der Waals surface area contributed by atoms with Gasteiger partial charge in [0, 0.05) is 0 Å². The Morgan fingerprint density at radius 1 is 0.688 bits per heavy atom. The zero-order valence-electron chi connectivity index (χ0n) is 8.25. The summed E-state index contributed by atoms with van der Waals surface area (Å²) < 4.78 is 10.2. The molecule has 2 aromatic heterocycles. The third kappa shape index (κ3) is 2.17. The number of hydrogen-bond donors (Lipinski definition) is 0. The Kier molecular flexibility index (Phi) is 2.82. The molecule has 4 nitrogen and oxygen atoms in total. The van der Waals surface area contributed by atoms with Crippen molar-refractivity contribution in [3.8, 4) is 0 Å². The average molecular weight is 216 g/mol. The van der Waals surface area contributed by atoms with Crippen molar-refractivity contribution in [1.82, 2.24) is 0 Å². The number of carbonyl (C=O) groups is 2. The van der Waals surface area contributed by atoms with Gasteiger partial charge in [0.25, 0.3) is 0 Å². The average Bonchev–Trinajstić information content (AvgIpc) is 2.95. The molecule has 0 saturated carbocycles. The van der Waals surface area contributed by atoms with Crippen LogP contribution in [0.4, 0.5) is 0 Å². The molecular formula is C12H8O4. The van der Waals surface area contributed by atoms with Crippen molar-refractivity contribution in [2.24, 2.45) is 0 Å². The standard InChI is InChI=1S/C12H8O4/c13-7-11-5-3-9(15-11)1-2-10-4-6-12(8-14)16-10/h1-8H/b2-1+. The first-order chi connectivity index (χ1) is 7.81. The van der Waals surface area contributed by atoms with Gasteiger partial charge in [-0.05, 0) is 36.4 Å². The monoisotopic (exact) mass is 216 g/mol. The van der Waals surface area contributed by atoms with Gasteiger partial charge in [0.15, 0.2) is 24.1 Å². The maximum Gasteiger partial charge on any atom is 0.185 e. The van der Waals surface area contributed by atoms with Gasteiger partial charge in [-0.25, -0.2) is 0 Å². The quantitative estimate of drug-likeness (QED) is 0.737. The summed E-state index contributed by atoms with van der Waals surface area (Å²) in [6, 6.07) is 6.49. The molecule has 4 heteroatoms. The minimum absolute atomic E-state index is 0.271. The van der Waals surface area contributed by atoms with E-state index in [1.54, 1.807) is 36.4 Å². The fourth-order valence-electron chi connectivity index (χ4n) is 1.21. The van der Waals surface area contributed by atoms with Gasteiger partial charge in [0.2, 0.25) is 0 Å². The second kappa shape index (κ2) is 4.44. The summed E-state index contributed by atoms with van der Waals surface area (Å²) in [5.74, 6) is 1.64. The molecule has 0 aliphatic rings. The molecule has 2 heterocycles. The molecule has 0 bridgehead atoms. The minimum atomic E-state index is 0.271. The Morgan fingerprint density at radius 2 is 1.06 bits per heavy atom. The first kappa shape index (κ1) is 10.2. The zero-order valence-corrected chi connectivity index (χ0v) is 8.25. The number of furan rings is 2. The molecule has 0 aliphatic carbocycles. The molecule has 2 rings (SSSR count). The van der Waals surface area contributed by atoms with Gasteiger partial charge in [-0.3, -0.25) is 9.59 Å². The largest absolute Gasteiger partial charge is 0.454 e. The lowest BCUT2D eigenvalue weighted by Crippen LogP contribution is -1.69. The molecule has 80 valence electrons. The van der Waals surface area contributed by atoms with E-state index in [2.05, 4.69) is 0 Å². The fraction of sp³-hybridized carbons (Fsp3) is 0. The molecule has 0 fully saturated rings. The van der Waals surface area contributed by atoms with Crippen LogP contribution in [-0.4, -0.2) is 12.6 Å². The highest BCUT2D eigenvalue weighted by Crippen LogP contribution is 2.12. The van der Waals surface area contributed by atoms with Crippen LogP contribution in [-0.2, 0) is 0 Å². The fourth-order valence-corrected chi connectivity index (χ4v) is 1.21. The molecule has 0 amide bonds. The van der Waals surface area contributed by atoms with Crippen molar-refractivity contribution >= 4 is 24.7 Å². The Balaban J connectivity index is 2.13. The van der Waals surface area contributed by atoms with E-state index in [0.717, 1.165) is 0 Å². The molecule has 0 aliphatic heterocycles. The molecule has 16 heavy (non-hydrogen) atoms. The highest BCUT2D eigenvalue weighted by atomic mass is 16.4. The van der Waals surface area contributed by atoms with Crippen LogP contribution in [0, 0.1) is 0 Å². The van der Waals surface area contributed by atoms with Gasteiger partial charge in [-0.2, -0.15) is 0 Å². The van der Waals surface area contributed by atoms with Crippen molar-refractivity contribution in [2.45, 2.75) is 0 Å². The van der Waals surface area contributed by atoms with Gasteiger partial charge in [0.1, 0.15) is 11.5 Å². The molecule has 2 aromatic rings. The number of rotatable bonds is 4. The maximum absolute atomic E-state index is 10.4. The topological polar surface area (TPSA) is 60.4 Å². The predicted molar refractivity (Wildman–Crippen MR) is 57.1 cm³/mol. The van der Waals surface area contributed by atoms with E-state index in [4.69, 9.17) is 8.83 Å². The van der Waals surface area contributed by atoms with Crippen LogP contribution >= 0.6 is 0 Å². The third-order valence-electron chi connectivity index (χ3n) is 1.94. The van der Waals surface area contributed by atoms with E-state index in [1.165, 1.54) is 0 Å². The summed E-state index contributed by atoms with van der Waals surface area (Å²) >= 11 is 0. The van der Waals surface area contributed by atoms with Crippen LogP contribution in [0.1, 0.15) is 32.6 Å². The molecule has 0 N–H and O–H groups in total. The lowest BCUT2D eigenvalue weighted by molar-refractivity contribution is 0.109. The van der Waals surface area contributed by atoms with Gasteiger partial charge in [0.05, 0.1) is 0 Å². The van der Waals surface area contributed by atoms with Gasteiger partial charge in [-0.15, -0.1) is 0 Å². The molecular weight excluding hydrogens is 208 g/mol. The highest BCUT2D eigenvalue weighted by molar-refractivity contribution is 5.74. The van der Waals surface area contributed by atoms with Crippen molar-refractivity contribution < 1.29 is 18.4 Å². The molecule has 0 unspecified atom stereocenters. The summed E-state index contributed by atoms with van der Waals surface area (Å²) in [6.07, 6.45) is 4.57. The van der Waals surface area contributed by atoms with Gasteiger partial charge in [-0.1, -0.05) is 0 Å². The summed E-state index contributed by atoms with van der Waals surface area (Å²) in [5.41, 5.74) is 0. The Bertz CT molecular complexity index is 482. The first-order valence-electron chi connectivity index (χ1n) is 4.60. The number of aldehydes is 2. The first-order valence-corrected chi connectivity index (χ1v) is 4.60. The van der Waals surface area contributed by atoms with Crippen LogP contribution in [0.3, 0.4) is 0 Å². The van der Waals surface area contributed by atoms with E-state index >= 15 is 0 Å². The highest BCUT2D eigenvalue weighted by Gasteiger charge is 1.99. The van der Waals surface area contributed by atoms with Crippen LogP contribution in [0.25, 0.3) is 12.2 Å². The van der Waals surface area contributed by atoms with Crippen LogP contribution in [0.5, 0.6) is 0 Å². The number of hydrogen-bond acceptors (Lipinski definition) is 4. The molecule has 0 aromatic carbocycles. The molecule has 0 atom stereocenters. The summed E-state index contributed by atoms with van der Waals surface area (Å²) in [5, 5.41) is 0. The van der Waals surface area contributed by atoms with Crippen molar-refractivity contribution in [3.63, 3.8) is 0 Å². The second-order valence-corrected chi connectivity index (χ2v) is 3.05. The SMILES string of the molecule is O=Cc1ccc(/C=C/c2ccc(C=O)o2)o1. The molecule has 0 spiro atoms. The van der Waals surface area contributed by atoms with Crippen molar-refractivity contribution in [3.05, 3.63) is 47.3 Å². The van der Waals surface area contributed by atoms with Crippen molar-refractivity contribution in [1.29, 1.82) is 0 Å². The van der Waals surface area contributed by atoms with Crippen LogP contribution in [0.15, 0.2) is 33.1 Å². The maximum atomic E-state index is 10.4. The van der Waals surface area contributed by atoms with E-state index < -0.39 is 0 Å². The summed E-state index contributed by atoms with van der Waals surface area (Å²) in [7, 11) is 0. The Labute approximate surface area is 91.2 Å². The van der Waals surface area contributed by atoms with E-state index in [0.29, 0.717) is 24.1 Å². The molecule has 0 radical (unpaired) electrons. The Hall–Kier alpha value is -2.36. The predicted octanol–water partition coefficient (Wildman–Crippen LogP) is 2.67. The van der Waals surface area contributed by atoms with E-state index in [9.17, 15) is 9.59 Å². The zero-order chi connectivity index (χ0) is 11.4.